The highest BCUT2D eigenvalue weighted by molar-refractivity contribution is 5.57. The monoisotopic (exact) mass is 250 g/mol. The molecule has 0 unspecified atom stereocenters. The van der Waals surface area contributed by atoms with E-state index in [0.29, 0.717) is 13.2 Å². The highest BCUT2D eigenvalue weighted by atomic mass is 16.7. The molecule has 0 saturated carbocycles. The van der Waals surface area contributed by atoms with Gasteiger partial charge in [-0.2, -0.15) is 5.06 Å². The molecule has 0 aromatic heterocycles. The van der Waals surface area contributed by atoms with E-state index in [1.807, 2.05) is 11.1 Å². The predicted molar refractivity (Wildman–Crippen MR) is 68.2 cm³/mol. The number of hydrogen-bond acceptors (Lipinski definition) is 5. The molecule has 18 heavy (non-hydrogen) atoms. The zero-order valence-electron chi connectivity index (χ0n) is 10.6. The Balaban J connectivity index is 1.73. The SMILES string of the molecule is CON1CCN(c2ccc3c(c2)OCCO3)CC1. The van der Waals surface area contributed by atoms with Crippen LogP contribution in [0, 0.1) is 0 Å². The number of fused-ring (bicyclic) bond motifs is 1. The lowest BCUT2D eigenvalue weighted by molar-refractivity contribution is -0.133. The number of nitrogens with zero attached hydrogens (tertiary/aromatic N) is 2. The first-order valence-corrected chi connectivity index (χ1v) is 6.30. The highest BCUT2D eigenvalue weighted by Crippen LogP contribution is 2.34. The van der Waals surface area contributed by atoms with Crippen molar-refractivity contribution in [3.8, 4) is 11.5 Å². The molecule has 0 amide bonds. The van der Waals surface area contributed by atoms with Gasteiger partial charge in [0.2, 0.25) is 0 Å². The molecule has 0 spiro atoms. The van der Waals surface area contributed by atoms with Gasteiger partial charge in [-0.3, -0.25) is 0 Å². The third-order valence-electron chi connectivity index (χ3n) is 3.39. The molecule has 2 aliphatic rings. The van der Waals surface area contributed by atoms with Gasteiger partial charge in [0.25, 0.3) is 0 Å². The van der Waals surface area contributed by atoms with Gasteiger partial charge in [0.05, 0.1) is 7.11 Å². The lowest BCUT2D eigenvalue weighted by atomic mass is 10.2. The van der Waals surface area contributed by atoms with E-state index in [4.69, 9.17) is 14.3 Å². The van der Waals surface area contributed by atoms with Crippen molar-refractivity contribution in [1.82, 2.24) is 5.06 Å². The summed E-state index contributed by atoms with van der Waals surface area (Å²) in [6.45, 7) is 5.05. The van der Waals surface area contributed by atoms with Crippen molar-refractivity contribution in [1.29, 1.82) is 0 Å². The summed E-state index contributed by atoms with van der Waals surface area (Å²) in [5.41, 5.74) is 1.19. The fourth-order valence-electron chi connectivity index (χ4n) is 2.36. The number of hydrogen-bond donors (Lipinski definition) is 0. The van der Waals surface area contributed by atoms with Crippen molar-refractivity contribution in [2.24, 2.45) is 0 Å². The van der Waals surface area contributed by atoms with Crippen molar-refractivity contribution >= 4 is 5.69 Å². The van der Waals surface area contributed by atoms with Gasteiger partial charge in [0, 0.05) is 37.9 Å². The van der Waals surface area contributed by atoms with Gasteiger partial charge in [-0.25, -0.2) is 0 Å². The molecule has 2 aliphatic heterocycles. The summed E-state index contributed by atoms with van der Waals surface area (Å²) < 4.78 is 11.1. The van der Waals surface area contributed by atoms with Gasteiger partial charge in [-0.05, 0) is 12.1 Å². The average Bonchev–Trinajstić information content (AvgIpc) is 2.47. The van der Waals surface area contributed by atoms with Crippen LogP contribution in [0.15, 0.2) is 18.2 Å². The molecule has 0 radical (unpaired) electrons. The lowest BCUT2D eigenvalue weighted by Gasteiger charge is -2.35. The first kappa shape index (κ1) is 11.6. The van der Waals surface area contributed by atoms with Crippen LogP contribution in [0.25, 0.3) is 0 Å². The van der Waals surface area contributed by atoms with Gasteiger partial charge >= 0.3 is 0 Å². The summed E-state index contributed by atoms with van der Waals surface area (Å²) in [5, 5.41) is 1.98. The molecule has 0 N–H and O–H groups in total. The maximum atomic E-state index is 5.61. The van der Waals surface area contributed by atoms with Gasteiger partial charge in [-0.15, -0.1) is 0 Å². The Hall–Kier alpha value is -1.46. The Morgan fingerprint density at radius 1 is 1.00 bits per heavy atom. The predicted octanol–water partition coefficient (Wildman–Crippen LogP) is 1.14. The molecule has 0 bridgehead atoms. The molecule has 5 heteroatoms. The molecule has 0 atom stereocenters. The van der Waals surface area contributed by atoms with Crippen LogP contribution in [-0.4, -0.2) is 51.6 Å². The van der Waals surface area contributed by atoms with Gasteiger partial charge in [0.15, 0.2) is 11.5 Å². The third-order valence-corrected chi connectivity index (χ3v) is 3.39. The normalized spacial score (nSPS) is 19.9. The Morgan fingerprint density at radius 2 is 1.72 bits per heavy atom. The number of benzene rings is 1. The molecule has 0 aliphatic carbocycles. The molecule has 3 rings (SSSR count). The standard InChI is InChI=1S/C13H18N2O3/c1-16-15-6-4-14(5-7-15)11-2-3-12-13(10-11)18-9-8-17-12/h2-3,10H,4-9H2,1H3. The molecule has 1 fully saturated rings. The minimum Gasteiger partial charge on any atom is -0.486 e. The number of ether oxygens (including phenoxy) is 2. The minimum atomic E-state index is 0.633. The van der Waals surface area contributed by atoms with E-state index in [1.54, 1.807) is 7.11 Å². The molecular weight excluding hydrogens is 232 g/mol. The maximum Gasteiger partial charge on any atom is 0.163 e. The first-order chi connectivity index (χ1) is 8.86. The topological polar surface area (TPSA) is 34.2 Å². The summed E-state index contributed by atoms with van der Waals surface area (Å²) in [6, 6.07) is 6.15. The van der Waals surface area contributed by atoms with Crippen LogP contribution in [0.4, 0.5) is 5.69 Å². The van der Waals surface area contributed by atoms with E-state index in [-0.39, 0.29) is 0 Å². The zero-order chi connectivity index (χ0) is 12.4. The fraction of sp³-hybridized carbons (Fsp3) is 0.538. The van der Waals surface area contributed by atoms with E-state index in [2.05, 4.69) is 17.0 Å². The minimum absolute atomic E-state index is 0.633. The Bertz CT molecular complexity index is 417. The van der Waals surface area contributed by atoms with Crippen molar-refractivity contribution < 1.29 is 14.3 Å². The number of rotatable bonds is 2. The van der Waals surface area contributed by atoms with Crippen LogP contribution in [0.1, 0.15) is 0 Å². The van der Waals surface area contributed by atoms with Crippen LogP contribution in [-0.2, 0) is 4.84 Å². The Morgan fingerprint density at radius 3 is 2.44 bits per heavy atom. The summed E-state index contributed by atoms with van der Waals surface area (Å²) in [4.78, 5) is 7.57. The molecule has 98 valence electrons. The third kappa shape index (κ3) is 2.23. The van der Waals surface area contributed by atoms with Crippen LogP contribution in [0.5, 0.6) is 11.5 Å². The van der Waals surface area contributed by atoms with Crippen LogP contribution < -0.4 is 14.4 Å². The molecular formula is C13H18N2O3. The quantitative estimate of drug-likeness (QED) is 0.786. The molecule has 1 aromatic carbocycles. The summed E-state index contributed by atoms with van der Waals surface area (Å²) in [7, 11) is 1.72. The van der Waals surface area contributed by atoms with E-state index in [1.165, 1.54) is 5.69 Å². The maximum absolute atomic E-state index is 5.61. The van der Waals surface area contributed by atoms with Gasteiger partial charge < -0.3 is 19.2 Å². The van der Waals surface area contributed by atoms with Crippen LogP contribution in [0.3, 0.4) is 0 Å². The van der Waals surface area contributed by atoms with Gasteiger partial charge in [-0.1, -0.05) is 0 Å². The second-order valence-corrected chi connectivity index (χ2v) is 4.43. The van der Waals surface area contributed by atoms with Crippen LogP contribution >= 0.6 is 0 Å². The van der Waals surface area contributed by atoms with Crippen molar-refractivity contribution in [2.45, 2.75) is 0 Å². The number of anilines is 1. The lowest BCUT2D eigenvalue weighted by Crippen LogP contribution is -2.45. The second kappa shape index (κ2) is 5.04. The van der Waals surface area contributed by atoms with Crippen LogP contribution in [0.2, 0.25) is 0 Å². The average molecular weight is 250 g/mol. The summed E-state index contributed by atoms with van der Waals surface area (Å²) in [5.74, 6) is 1.70. The molecule has 1 saturated heterocycles. The van der Waals surface area contributed by atoms with E-state index < -0.39 is 0 Å². The number of hydroxylamine groups is 2. The smallest absolute Gasteiger partial charge is 0.163 e. The highest BCUT2D eigenvalue weighted by Gasteiger charge is 2.19. The molecule has 1 aromatic rings. The zero-order valence-corrected chi connectivity index (χ0v) is 10.6. The Kier molecular flexibility index (Phi) is 3.25. The first-order valence-electron chi connectivity index (χ1n) is 6.30. The van der Waals surface area contributed by atoms with E-state index in [0.717, 1.165) is 37.7 Å². The summed E-state index contributed by atoms with van der Waals surface area (Å²) in [6.07, 6.45) is 0. The molecule has 5 nitrogen and oxygen atoms in total. The van der Waals surface area contributed by atoms with Crippen molar-refractivity contribution in [2.75, 3.05) is 51.4 Å². The summed E-state index contributed by atoms with van der Waals surface area (Å²) >= 11 is 0. The van der Waals surface area contributed by atoms with Gasteiger partial charge in [0.1, 0.15) is 13.2 Å². The van der Waals surface area contributed by atoms with E-state index in [9.17, 15) is 0 Å². The van der Waals surface area contributed by atoms with E-state index >= 15 is 0 Å². The molecule has 2 heterocycles. The van der Waals surface area contributed by atoms with Crippen molar-refractivity contribution in [3.63, 3.8) is 0 Å². The fourth-order valence-corrected chi connectivity index (χ4v) is 2.36. The second-order valence-electron chi connectivity index (χ2n) is 4.43. The number of piperazine rings is 1. The van der Waals surface area contributed by atoms with Crippen molar-refractivity contribution in [3.05, 3.63) is 18.2 Å². The largest absolute Gasteiger partial charge is 0.486 e. The Labute approximate surface area is 107 Å².